The Morgan fingerprint density at radius 1 is 1.22 bits per heavy atom. The number of benzene rings is 1. The summed E-state index contributed by atoms with van der Waals surface area (Å²) >= 11 is 0. The van der Waals surface area contributed by atoms with Gasteiger partial charge in [-0.3, -0.25) is 9.59 Å². The van der Waals surface area contributed by atoms with Crippen molar-refractivity contribution in [1.82, 2.24) is 0 Å². The lowest BCUT2D eigenvalue weighted by Crippen LogP contribution is -2.29. The molecule has 1 aliphatic rings. The van der Waals surface area contributed by atoms with Crippen molar-refractivity contribution in [1.29, 1.82) is 0 Å². The Labute approximate surface area is 104 Å². The molecule has 0 atom stereocenters. The van der Waals surface area contributed by atoms with Gasteiger partial charge in [-0.15, -0.1) is 0 Å². The zero-order valence-corrected chi connectivity index (χ0v) is 9.92. The van der Waals surface area contributed by atoms with Gasteiger partial charge < -0.3 is 9.84 Å². The Hall–Kier alpha value is -2.14. The van der Waals surface area contributed by atoms with Gasteiger partial charge in [0.15, 0.2) is 0 Å². The minimum absolute atomic E-state index is 0.215. The van der Waals surface area contributed by atoms with Crippen molar-refractivity contribution in [2.24, 2.45) is 0 Å². The van der Waals surface area contributed by atoms with Crippen molar-refractivity contribution in [3.8, 4) is 5.75 Å². The van der Waals surface area contributed by atoms with Crippen molar-refractivity contribution in [3.63, 3.8) is 0 Å². The summed E-state index contributed by atoms with van der Waals surface area (Å²) in [6.45, 7) is 2.11. The molecule has 5 heteroatoms. The van der Waals surface area contributed by atoms with Gasteiger partial charge in [-0.2, -0.15) is 0 Å². The molecule has 1 aromatic carbocycles. The lowest BCUT2D eigenvalue weighted by atomic mass is 10.1. The highest BCUT2D eigenvalue weighted by Crippen LogP contribution is 2.27. The predicted octanol–water partition coefficient (Wildman–Crippen LogP) is 1.01. The standard InChI is InChI=1S/C13H13NO4/c1-2-18-11-4-3-10(7-9(11)8-15)14-12(16)5-6-13(14)17/h3-7,15H,2,8H2,1H3. The number of carbonyl (C=O) groups is 2. The van der Waals surface area contributed by atoms with Crippen LogP contribution in [0.4, 0.5) is 5.69 Å². The van der Waals surface area contributed by atoms with Crippen molar-refractivity contribution in [2.45, 2.75) is 13.5 Å². The second kappa shape index (κ2) is 5.01. The number of hydrogen-bond donors (Lipinski definition) is 1. The summed E-state index contributed by atoms with van der Waals surface area (Å²) in [4.78, 5) is 24.1. The van der Waals surface area contributed by atoms with Gasteiger partial charge >= 0.3 is 0 Å². The number of rotatable bonds is 4. The first-order valence-corrected chi connectivity index (χ1v) is 5.60. The maximum Gasteiger partial charge on any atom is 0.258 e. The highest BCUT2D eigenvalue weighted by atomic mass is 16.5. The van der Waals surface area contributed by atoms with E-state index in [0.29, 0.717) is 23.6 Å². The minimum atomic E-state index is -0.381. The lowest BCUT2D eigenvalue weighted by Gasteiger charge is -2.16. The summed E-state index contributed by atoms with van der Waals surface area (Å²) in [5.41, 5.74) is 0.976. The molecule has 0 aliphatic carbocycles. The Kier molecular flexibility index (Phi) is 3.43. The van der Waals surface area contributed by atoms with Gasteiger partial charge in [0.2, 0.25) is 0 Å². The number of nitrogens with zero attached hydrogens (tertiary/aromatic N) is 1. The molecule has 0 unspecified atom stereocenters. The number of anilines is 1. The third kappa shape index (κ3) is 2.12. The highest BCUT2D eigenvalue weighted by Gasteiger charge is 2.25. The molecule has 0 bridgehead atoms. The molecule has 18 heavy (non-hydrogen) atoms. The molecule has 0 saturated heterocycles. The molecule has 0 radical (unpaired) electrons. The van der Waals surface area contributed by atoms with Crippen LogP contribution in [0.15, 0.2) is 30.4 Å². The topological polar surface area (TPSA) is 66.8 Å². The molecule has 0 spiro atoms. The van der Waals surface area contributed by atoms with Crippen molar-refractivity contribution >= 4 is 17.5 Å². The van der Waals surface area contributed by atoms with Gasteiger partial charge in [-0.05, 0) is 25.1 Å². The lowest BCUT2D eigenvalue weighted by molar-refractivity contribution is -0.119. The van der Waals surface area contributed by atoms with Gasteiger partial charge in [0.1, 0.15) is 5.75 Å². The van der Waals surface area contributed by atoms with Crippen LogP contribution in [0.25, 0.3) is 0 Å². The number of ether oxygens (including phenoxy) is 1. The van der Waals surface area contributed by atoms with E-state index in [2.05, 4.69) is 0 Å². The monoisotopic (exact) mass is 247 g/mol. The van der Waals surface area contributed by atoms with Crippen LogP contribution in [0.2, 0.25) is 0 Å². The Morgan fingerprint density at radius 2 is 1.89 bits per heavy atom. The van der Waals surface area contributed by atoms with E-state index in [1.165, 1.54) is 12.2 Å². The summed E-state index contributed by atoms with van der Waals surface area (Å²) in [7, 11) is 0. The molecule has 1 heterocycles. The van der Waals surface area contributed by atoms with Crippen LogP contribution >= 0.6 is 0 Å². The average molecular weight is 247 g/mol. The van der Waals surface area contributed by atoms with Gasteiger partial charge in [-0.1, -0.05) is 0 Å². The first-order valence-electron chi connectivity index (χ1n) is 5.60. The Balaban J connectivity index is 2.35. The first kappa shape index (κ1) is 12.3. The molecule has 1 N–H and O–H groups in total. The second-order valence-corrected chi connectivity index (χ2v) is 3.73. The minimum Gasteiger partial charge on any atom is -0.494 e. The first-order chi connectivity index (χ1) is 8.67. The highest BCUT2D eigenvalue weighted by molar-refractivity contribution is 6.28. The second-order valence-electron chi connectivity index (χ2n) is 3.73. The molecule has 1 aromatic rings. The fraction of sp³-hybridized carbons (Fsp3) is 0.231. The molecule has 2 amide bonds. The van der Waals surface area contributed by atoms with Crippen LogP contribution in [0.3, 0.4) is 0 Å². The summed E-state index contributed by atoms with van der Waals surface area (Å²) < 4.78 is 5.34. The fourth-order valence-corrected chi connectivity index (χ4v) is 1.78. The van der Waals surface area contributed by atoms with E-state index < -0.39 is 0 Å². The summed E-state index contributed by atoms with van der Waals surface area (Å²) in [5, 5.41) is 9.26. The van der Waals surface area contributed by atoms with Crippen LogP contribution in [0.5, 0.6) is 5.75 Å². The number of hydrogen-bond acceptors (Lipinski definition) is 4. The van der Waals surface area contributed by atoms with E-state index in [9.17, 15) is 14.7 Å². The zero-order valence-electron chi connectivity index (χ0n) is 9.92. The van der Waals surface area contributed by atoms with Crippen molar-refractivity contribution in [2.75, 3.05) is 11.5 Å². The third-order valence-corrected chi connectivity index (χ3v) is 2.58. The Bertz CT molecular complexity index is 504. The van der Waals surface area contributed by atoms with Crippen LogP contribution in [-0.4, -0.2) is 23.5 Å². The summed E-state index contributed by atoms with van der Waals surface area (Å²) in [6.07, 6.45) is 2.44. The largest absolute Gasteiger partial charge is 0.494 e. The third-order valence-electron chi connectivity index (χ3n) is 2.58. The Morgan fingerprint density at radius 3 is 2.44 bits per heavy atom. The molecule has 1 aliphatic heterocycles. The maximum absolute atomic E-state index is 11.5. The normalized spacial score (nSPS) is 14.4. The van der Waals surface area contributed by atoms with E-state index in [4.69, 9.17) is 4.74 Å². The van der Waals surface area contributed by atoms with Gasteiger partial charge in [0.25, 0.3) is 11.8 Å². The average Bonchev–Trinajstić information content (AvgIpc) is 2.70. The molecule has 2 rings (SSSR count). The number of aliphatic hydroxyl groups is 1. The SMILES string of the molecule is CCOc1ccc(N2C(=O)C=CC2=O)cc1CO. The molecule has 0 aromatic heterocycles. The number of imide groups is 1. The number of carbonyl (C=O) groups excluding carboxylic acids is 2. The van der Waals surface area contributed by atoms with Crippen molar-refractivity contribution in [3.05, 3.63) is 35.9 Å². The molecule has 5 nitrogen and oxygen atoms in total. The molecular weight excluding hydrogens is 234 g/mol. The van der Waals surface area contributed by atoms with E-state index in [0.717, 1.165) is 4.90 Å². The fourth-order valence-electron chi connectivity index (χ4n) is 1.78. The van der Waals surface area contributed by atoms with Crippen LogP contribution in [-0.2, 0) is 16.2 Å². The molecule has 0 fully saturated rings. The quantitative estimate of drug-likeness (QED) is 0.806. The molecular formula is C13H13NO4. The maximum atomic E-state index is 11.5. The number of amides is 2. The number of aliphatic hydroxyl groups excluding tert-OH is 1. The van der Waals surface area contributed by atoms with Crippen LogP contribution in [0.1, 0.15) is 12.5 Å². The van der Waals surface area contributed by atoms with Crippen molar-refractivity contribution < 1.29 is 19.4 Å². The van der Waals surface area contributed by atoms with Gasteiger partial charge in [0, 0.05) is 17.7 Å². The predicted molar refractivity (Wildman–Crippen MR) is 65.2 cm³/mol. The molecule has 0 saturated carbocycles. The zero-order chi connectivity index (χ0) is 13.1. The summed E-state index contributed by atoms with van der Waals surface area (Å²) in [5.74, 6) is -0.211. The summed E-state index contributed by atoms with van der Waals surface area (Å²) in [6, 6.07) is 4.84. The molecule has 94 valence electrons. The smallest absolute Gasteiger partial charge is 0.258 e. The van der Waals surface area contributed by atoms with Gasteiger partial charge in [-0.25, -0.2) is 4.90 Å². The van der Waals surface area contributed by atoms with E-state index in [1.807, 2.05) is 6.92 Å². The van der Waals surface area contributed by atoms with E-state index in [-0.39, 0.29) is 18.4 Å². The van der Waals surface area contributed by atoms with E-state index in [1.54, 1.807) is 18.2 Å². The van der Waals surface area contributed by atoms with Gasteiger partial charge in [0.05, 0.1) is 18.9 Å². The van der Waals surface area contributed by atoms with E-state index >= 15 is 0 Å². The van der Waals surface area contributed by atoms with Crippen LogP contribution < -0.4 is 9.64 Å². The van der Waals surface area contributed by atoms with Crippen LogP contribution in [0, 0.1) is 0 Å².